The van der Waals surface area contributed by atoms with Crippen LogP contribution in [0.2, 0.25) is 0 Å². The minimum absolute atomic E-state index is 0.178. The summed E-state index contributed by atoms with van der Waals surface area (Å²) in [6, 6.07) is 13.9. The number of H-pyrrole nitrogens is 1. The topological polar surface area (TPSA) is 78.3 Å². The van der Waals surface area contributed by atoms with Gasteiger partial charge < -0.3 is 19.8 Å². The van der Waals surface area contributed by atoms with Crippen molar-refractivity contribution in [3.05, 3.63) is 64.5 Å². The van der Waals surface area contributed by atoms with Gasteiger partial charge in [-0.05, 0) is 36.0 Å². The van der Waals surface area contributed by atoms with Crippen molar-refractivity contribution in [1.82, 2.24) is 10.3 Å². The number of fused-ring (bicyclic) bond motifs is 1. The molecular weight excluding hydrogens is 300 g/mol. The number of nitrogens with one attached hydrogen (secondary N) is 2. The second-order valence-electron chi connectivity index (χ2n) is 4.84. The van der Waals surface area contributed by atoms with Gasteiger partial charge in [0.2, 0.25) is 0 Å². The Labute approximate surface area is 131 Å². The van der Waals surface area contributed by atoms with Crippen LogP contribution in [-0.2, 0) is 0 Å². The average Bonchev–Trinajstić information content (AvgIpc) is 2.92. The molecule has 2 aromatic carbocycles. The zero-order chi connectivity index (χ0) is 15.5. The molecule has 0 aliphatic rings. The van der Waals surface area contributed by atoms with Gasteiger partial charge in [0.15, 0.2) is 5.58 Å². The first-order valence-electron chi connectivity index (χ1n) is 6.77. The number of aliphatic hydroxyl groups is 1. The maximum atomic E-state index is 12.3. The third-order valence-electron chi connectivity index (χ3n) is 3.37. The molecule has 5 nitrogen and oxygen atoms in total. The molecule has 1 unspecified atom stereocenters. The number of rotatable bonds is 4. The van der Waals surface area contributed by atoms with Gasteiger partial charge in [-0.3, -0.25) is 4.79 Å². The van der Waals surface area contributed by atoms with Crippen molar-refractivity contribution in [2.45, 2.75) is 6.04 Å². The molecule has 0 spiro atoms. The highest BCUT2D eigenvalue weighted by Gasteiger charge is 2.15. The van der Waals surface area contributed by atoms with Gasteiger partial charge >= 0.3 is 0 Å². The van der Waals surface area contributed by atoms with Gasteiger partial charge in [-0.1, -0.05) is 30.3 Å². The Hall–Kier alpha value is -2.44. The van der Waals surface area contributed by atoms with E-state index in [0.29, 0.717) is 11.1 Å². The van der Waals surface area contributed by atoms with E-state index in [9.17, 15) is 9.90 Å². The Kier molecular flexibility index (Phi) is 4.04. The number of amides is 1. The summed E-state index contributed by atoms with van der Waals surface area (Å²) in [4.78, 5) is 15.5. The fraction of sp³-hybridized carbons (Fsp3) is 0.125. The standard InChI is InChI=1S/C16H14N2O3S/c19-9-13(10-4-2-1-3-5-10)17-15(20)11-6-7-12-14(8-11)21-16(22)18-12/h1-8,13,19H,9H2,(H,17,20)(H,18,22). The molecule has 1 amide bonds. The van der Waals surface area contributed by atoms with E-state index < -0.39 is 6.04 Å². The molecule has 1 heterocycles. The summed E-state index contributed by atoms with van der Waals surface area (Å²) in [6.07, 6.45) is 0. The molecule has 0 saturated heterocycles. The smallest absolute Gasteiger partial charge is 0.266 e. The minimum atomic E-state index is -0.456. The fourth-order valence-electron chi connectivity index (χ4n) is 2.25. The summed E-state index contributed by atoms with van der Waals surface area (Å²) < 4.78 is 5.30. The van der Waals surface area contributed by atoms with Crippen LogP contribution in [-0.4, -0.2) is 22.6 Å². The molecule has 0 aliphatic carbocycles. The van der Waals surface area contributed by atoms with Crippen LogP contribution in [0.4, 0.5) is 0 Å². The number of oxazole rings is 1. The molecule has 0 fully saturated rings. The van der Waals surface area contributed by atoms with Crippen LogP contribution in [0.3, 0.4) is 0 Å². The molecule has 3 aromatic rings. The van der Waals surface area contributed by atoms with Crippen LogP contribution in [0.5, 0.6) is 0 Å². The number of aromatic nitrogens is 1. The van der Waals surface area contributed by atoms with Gasteiger partial charge in [0.25, 0.3) is 10.7 Å². The number of carbonyl (C=O) groups excluding carboxylic acids is 1. The number of carbonyl (C=O) groups is 1. The number of benzene rings is 2. The van der Waals surface area contributed by atoms with E-state index >= 15 is 0 Å². The lowest BCUT2D eigenvalue weighted by Crippen LogP contribution is -2.30. The van der Waals surface area contributed by atoms with Gasteiger partial charge in [-0.15, -0.1) is 0 Å². The van der Waals surface area contributed by atoms with Crippen molar-refractivity contribution in [3.63, 3.8) is 0 Å². The highest BCUT2D eigenvalue weighted by Crippen LogP contribution is 2.17. The second kappa shape index (κ2) is 6.13. The van der Waals surface area contributed by atoms with E-state index in [-0.39, 0.29) is 17.4 Å². The van der Waals surface area contributed by atoms with Crippen molar-refractivity contribution in [2.75, 3.05) is 6.61 Å². The number of aromatic amines is 1. The van der Waals surface area contributed by atoms with Gasteiger partial charge in [0.05, 0.1) is 18.2 Å². The molecule has 3 N–H and O–H groups in total. The summed E-state index contributed by atoms with van der Waals surface area (Å²) >= 11 is 4.92. The summed E-state index contributed by atoms with van der Waals surface area (Å²) in [5, 5.41) is 12.3. The van der Waals surface area contributed by atoms with E-state index in [2.05, 4.69) is 10.3 Å². The molecule has 1 aromatic heterocycles. The Morgan fingerprint density at radius 1 is 1.27 bits per heavy atom. The van der Waals surface area contributed by atoms with E-state index in [1.807, 2.05) is 30.3 Å². The van der Waals surface area contributed by atoms with Crippen molar-refractivity contribution in [2.24, 2.45) is 0 Å². The highest BCUT2D eigenvalue weighted by molar-refractivity contribution is 7.71. The Bertz CT molecular complexity index is 854. The zero-order valence-electron chi connectivity index (χ0n) is 11.6. The maximum Gasteiger partial charge on any atom is 0.266 e. The first kappa shape index (κ1) is 14.5. The van der Waals surface area contributed by atoms with Crippen molar-refractivity contribution >= 4 is 29.2 Å². The summed E-state index contributed by atoms with van der Waals surface area (Å²) in [7, 11) is 0. The maximum absolute atomic E-state index is 12.3. The first-order chi connectivity index (χ1) is 10.7. The Balaban J connectivity index is 1.84. The number of aliphatic hydroxyl groups excluding tert-OH is 1. The van der Waals surface area contributed by atoms with E-state index in [4.69, 9.17) is 16.6 Å². The largest absolute Gasteiger partial charge is 0.429 e. The van der Waals surface area contributed by atoms with Crippen LogP contribution in [0.25, 0.3) is 11.1 Å². The van der Waals surface area contributed by atoms with E-state index in [1.165, 1.54) is 0 Å². The lowest BCUT2D eigenvalue weighted by atomic mass is 10.1. The molecule has 6 heteroatoms. The Morgan fingerprint density at radius 2 is 2.05 bits per heavy atom. The second-order valence-corrected chi connectivity index (χ2v) is 5.22. The summed E-state index contributed by atoms with van der Waals surface area (Å²) in [5.74, 6) is -0.285. The molecule has 3 rings (SSSR count). The molecular formula is C16H14N2O3S. The summed E-state index contributed by atoms with van der Waals surface area (Å²) in [6.45, 7) is -0.178. The number of hydrogen-bond acceptors (Lipinski definition) is 4. The van der Waals surface area contributed by atoms with Crippen LogP contribution < -0.4 is 5.32 Å². The highest BCUT2D eigenvalue weighted by atomic mass is 32.1. The van der Waals surface area contributed by atoms with Crippen molar-refractivity contribution in [1.29, 1.82) is 0 Å². The quantitative estimate of drug-likeness (QED) is 0.647. The van der Waals surface area contributed by atoms with Crippen molar-refractivity contribution < 1.29 is 14.3 Å². The molecule has 22 heavy (non-hydrogen) atoms. The molecule has 112 valence electrons. The lowest BCUT2D eigenvalue weighted by molar-refractivity contribution is 0.0916. The van der Waals surface area contributed by atoms with Crippen LogP contribution in [0.15, 0.2) is 52.9 Å². The first-order valence-corrected chi connectivity index (χ1v) is 7.18. The fourth-order valence-corrected chi connectivity index (χ4v) is 2.45. The van der Waals surface area contributed by atoms with Gasteiger partial charge in [-0.2, -0.15) is 0 Å². The Morgan fingerprint density at radius 3 is 2.77 bits per heavy atom. The molecule has 1 atom stereocenters. The SMILES string of the molecule is O=C(NC(CO)c1ccccc1)c1ccc2[nH]c(=S)oc2c1. The third kappa shape index (κ3) is 2.93. The summed E-state index contributed by atoms with van der Waals surface area (Å²) in [5.41, 5.74) is 2.56. The van der Waals surface area contributed by atoms with Crippen LogP contribution >= 0.6 is 12.2 Å². The minimum Gasteiger partial charge on any atom is -0.429 e. The van der Waals surface area contributed by atoms with Gasteiger partial charge in [0.1, 0.15) is 0 Å². The number of hydrogen-bond donors (Lipinski definition) is 3. The van der Waals surface area contributed by atoms with Gasteiger partial charge in [-0.25, -0.2) is 0 Å². The van der Waals surface area contributed by atoms with Crippen LogP contribution in [0.1, 0.15) is 22.0 Å². The molecule has 0 radical (unpaired) electrons. The van der Waals surface area contributed by atoms with E-state index in [0.717, 1.165) is 11.1 Å². The van der Waals surface area contributed by atoms with E-state index in [1.54, 1.807) is 18.2 Å². The predicted octanol–water partition coefficient (Wildman–Crippen LogP) is 2.95. The van der Waals surface area contributed by atoms with Gasteiger partial charge in [0, 0.05) is 5.56 Å². The van der Waals surface area contributed by atoms with Crippen LogP contribution in [0, 0.1) is 4.84 Å². The zero-order valence-corrected chi connectivity index (χ0v) is 12.4. The molecule has 0 bridgehead atoms. The lowest BCUT2D eigenvalue weighted by Gasteiger charge is -2.16. The molecule has 0 aliphatic heterocycles. The average molecular weight is 314 g/mol. The van der Waals surface area contributed by atoms with Crippen molar-refractivity contribution in [3.8, 4) is 0 Å². The molecule has 0 saturated carbocycles. The third-order valence-corrected chi connectivity index (χ3v) is 3.56. The monoisotopic (exact) mass is 314 g/mol. The normalized spacial score (nSPS) is 12.2. The predicted molar refractivity (Wildman–Crippen MR) is 85.1 cm³/mol.